The third-order valence-electron chi connectivity index (χ3n) is 4.02. The van der Waals surface area contributed by atoms with E-state index in [1.807, 2.05) is 0 Å². The van der Waals surface area contributed by atoms with Crippen molar-refractivity contribution >= 4 is 5.91 Å². The van der Waals surface area contributed by atoms with Gasteiger partial charge in [0.25, 0.3) is 0 Å². The predicted molar refractivity (Wildman–Crippen MR) is 69.8 cm³/mol. The van der Waals surface area contributed by atoms with Crippen LogP contribution in [0.3, 0.4) is 0 Å². The third-order valence-corrected chi connectivity index (χ3v) is 4.02. The van der Waals surface area contributed by atoms with E-state index in [-0.39, 0.29) is 0 Å². The molecular weight excluding hydrogens is 212 g/mol. The largest absolute Gasteiger partial charge is 0.340 e. The van der Waals surface area contributed by atoms with E-state index in [0.717, 1.165) is 32.0 Å². The van der Waals surface area contributed by atoms with Gasteiger partial charge >= 0.3 is 0 Å². The lowest BCUT2D eigenvalue weighted by molar-refractivity contribution is -0.134. The zero-order valence-corrected chi connectivity index (χ0v) is 11.2. The lowest BCUT2D eigenvalue weighted by atomic mass is 9.94. The number of carbonyl (C=O) groups is 1. The summed E-state index contributed by atoms with van der Waals surface area (Å²) in [7, 11) is 0. The van der Waals surface area contributed by atoms with Crippen LogP contribution in [0.15, 0.2) is 0 Å². The molecule has 1 N–H and O–H groups in total. The van der Waals surface area contributed by atoms with Crippen molar-refractivity contribution in [3.05, 3.63) is 0 Å². The van der Waals surface area contributed by atoms with Crippen LogP contribution in [0.25, 0.3) is 0 Å². The summed E-state index contributed by atoms with van der Waals surface area (Å²) in [6.07, 6.45) is 5.75. The summed E-state index contributed by atoms with van der Waals surface area (Å²) in [4.78, 5) is 14.4. The Kier molecular flexibility index (Phi) is 4.43. The highest BCUT2D eigenvalue weighted by atomic mass is 16.2. The average Bonchev–Trinajstić information content (AvgIpc) is 3.10. The van der Waals surface area contributed by atoms with Crippen LogP contribution in [0.2, 0.25) is 0 Å². The molecule has 0 aromatic heterocycles. The molecule has 1 saturated heterocycles. The quantitative estimate of drug-likeness (QED) is 0.795. The molecule has 0 atom stereocenters. The van der Waals surface area contributed by atoms with Gasteiger partial charge in [0.1, 0.15) is 0 Å². The number of rotatable bonds is 5. The Balaban J connectivity index is 1.81. The zero-order valence-electron chi connectivity index (χ0n) is 11.2. The van der Waals surface area contributed by atoms with E-state index in [9.17, 15) is 4.79 Å². The van der Waals surface area contributed by atoms with Gasteiger partial charge in [-0.05, 0) is 64.5 Å². The lowest BCUT2D eigenvalue weighted by Gasteiger charge is -2.30. The molecule has 2 rings (SSSR count). The van der Waals surface area contributed by atoms with Crippen LogP contribution in [0.1, 0.15) is 46.0 Å². The normalized spacial score (nSPS) is 21.8. The molecule has 1 amide bonds. The highest BCUT2D eigenvalue weighted by Crippen LogP contribution is 2.31. The Labute approximate surface area is 105 Å². The standard InChI is InChI=1S/C14H26N2O/c1-11(2)16(10-13-3-4-13)14(17)9-12-5-7-15-8-6-12/h11-13,15H,3-10H2,1-2H3. The minimum Gasteiger partial charge on any atom is -0.340 e. The summed E-state index contributed by atoms with van der Waals surface area (Å²) < 4.78 is 0. The van der Waals surface area contributed by atoms with Crippen molar-refractivity contribution in [2.45, 2.75) is 52.0 Å². The van der Waals surface area contributed by atoms with Gasteiger partial charge in [-0.15, -0.1) is 0 Å². The minimum absolute atomic E-state index is 0.366. The van der Waals surface area contributed by atoms with Gasteiger partial charge in [0.2, 0.25) is 5.91 Å². The Bertz CT molecular complexity index is 255. The number of hydrogen-bond acceptors (Lipinski definition) is 2. The summed E-state index contributed by atoms with van der Waals surface area (Å²) >= 11 is 0. The number of piperidine rings is 1. The molecule has 1 saturated carbocycles. The van der Waals surface area contributed by atoms with Gasteiger partial charge in [-0.25, -0.2) is 0 Å². The number of nitrogens with one attached hydrogen (secondary N) is 1. The molecule has 3 heteroatoms. The first-order chi connectivity index (χ1) is 8.16. The fourth-order valence-corrected chi connectivity index (χ4v) is 2.63. The van der Waals surface area contributed by atoms with Crippen molar-refractivity contribution in [3.8, 4) is 0 Å². The smallest absolute Gasteiger partial charge is 0.223 e. The predicted octanol–water partition coefficient (Wildman–Crippen LogP) is 2.02. The Morgan fingerprint density at radius 3 is 2.35 bits per heavy atom. The Hall–Kier alpha value is -0.570. The van der Waals surface area contributed by atoms with Gasteiger partial charge in [-0.2, -0.15) is 0 Å². The van der Waals surface area contributed by atoms with Gasteiger partial charge < -0.3 is 10.2 Å². The molecule has 0 spiro atoms. The molecule has 1 aliphatic carbocycles. The molecule has 1 aliphatic heterocycles. The van der Waals surface area contributed by atoms with E-state index < -0.39 is 0 Å². The van der Waals surface area contributed by atoms with Crippen LogP contribution in [0.4, 0.5) is 0 Å². The van der Waals surface area contributed by atoms with Gasteiger partial charge in [-0.3, -0.25) is 4.79 Å². The number of hydrogen-bond donors (Lipinski definition) is 1. The second-order valence-corrected chi connectivity index (χ2v) is 5.98. The Morgan fingerprint density at radius 2 is 1.82 bits per heavy atom. The molecule has 0 aromatic rings. The van der Waals surface area contributed by atoms with Crippen LogP contribution in [-0.2, 0) is 4.79 Å². The highest BCUT2D eigenvalue weighted by Gasteiger charge is 2.29. The van der Waals surface area contributed by atoms with Crippen molar-refractivity contribution in [2.75, 3.05) is 19.6 Å². The van der Waals surface area contributed by atoms with E-state index >= 15 is 0 Å². The number of amides is 1. The van der Waals surface area contributed by atoms with Crippen molar-refractivity contribution in [3.63, 3.8) is 0 Å². The van der Waals surface area contributed by atoms with Crippen molar-refractivity contribution in [2.24, 2.45) is 11.8 Å². The lowest BCUT2D eigenvalue weighted by Crippen LogP contribution is -2.40. The van der Waals surface area contributed by atoms with Gasteiger partial charge in [-0.1, -0.05) is 0 Å². The van der Waals surface area contributed by atoms with Crippen LogP contribution in [0.5, 0.6) is 0 Å². The van der Waals surface area contributed by atoms with Crippen LogP contribution < -0.4 is 5.32 Å². The Morgan fingerprint density at radius 1 is 1.18 bits per heavy atom. The van der Waals surface area contributed by atoms with E-state index in [0.29, 0.717) is 17.9 Å². The average molecular weight is 238 g/mol. The number of carbonyl (C=O) groups excluding carboxylic acids is 1. The second kappa shape index (κ2) is 5.85. The maximum atomic E-state index is 12.3. The zero-order chi connectivity index (χ0) is 12.3. The first kappa shape index (κ1) is 12.9. The van der Waals surface area contributed by atoms with E-state index in [1.54, 1.807) is 0 Å². The monoisotopic (exact) mass is 238 g/mol. The molecule has 0 aromatic carbocycles. The molecule has 0 unspecified atom stereocenters. The topological polar surface area (TPSA) is 32.3 Å². The van der Waals surface area contributed by atoms with Crippen molar-refractivity contribution in [1.29, 1.82) is 0 Å². The molecular formula is C14H26N2O. The van der Waals surface area contributed by atoms with Crippen LogP contribution in [-0.4, -0.2) is 36.5 Å². The molecule has 0 radical (unpaired) electrons. The SMILES string of the molecule is CC(C)N(CC1CC1)C(=O)CC1CCNCC1. The number of nitrogens with zero attached hydrogens (tertiary/aromatic N) is 1. The fourth-order valence-electron chi connectivity index (χ4n) is 2.63. The minimum atomic E-state index is 0.366. The van der Waals surface area contributed by atoms with Crippen molar-refractivity contribution < 1.29 is 4.79 Å². The van der Waals surface area contributed by atoms with Crippen LogP contribution >= 0.6 is 0 Å². The fraction of sp³-hybridized carbons (Fsp3) is 0.929. The first-order valence-corrected chi connectivity index (χ1v) is 7.17. The van der Waals surface area contributed by atoms with Gasteiger partial charge in [0.05, 0.1) is 0 Å². The van der Waals surface area contributed by atoms with Crippen LogP contribution in [0, 0.1) is 11.8 Å². The maximum absolute atomic E-state index is 12.3. The molecule has 17 heavy (non-hydrogen) atoms. The van der Waals surface area contributed by atoms with Gasteiger partial charge in [0, 0.05) is 19.0 Å². The molecule has 3 nitrogen and oxygen atoms in total. The van der Waals surface area contributed by atoms with E-state index in [2.05, 4.69) is 24.1 Å². The van der Waals surface area contributed by atoms with E-state index in [1.165, 1.54) is 25.7 Å². The van der Waals surface area contributed by atoms with E-state index in [4.69, 9.17) is 0 Å². The summed E-state index contributed by atoms with van der Waals surface area (Å²) in [5.74, 6) is 1.80. The first-order valence-electron chi connectivity index (χ1n) is 7.17. The second-order valence-electron chi connectivity index (χ2n) is 5.98. The molecule has 2 aliphatic rings. The van der Waals surface area contributed by atoms with Crippen molar-refractivity contribution in [1.82, 2.24) is 10.2 Å². The molecule has 2 fully saturated rings. The molecule has 98 valence electrons. The maximum Gasteiger partial charge on any atom is 0.223 e. The molecule has 0 bridgehead atoms. The molecule has 1 heterocycles. The summed E-state index contributed by atoms with van der Waals surface area (Å²) in [6, 6.07) is 0.366. The van der Waals surface area contributed by atoms with Gasteiger partial charge in [0.15, 0.2) is 0 Å². The summed E-state index contributed by atoms with van der Waals surface area (Å²) in [6.45, 7) is 7.46. The third kappa shape index (κ3) is 3.98. The summed E-state index contributed by atoms with van der Waals surface area (Å²) in [5, 5.41) is 3.36. The summed E-state index contributed by atoms with van der Waals surface area (Å²) in [5.41, 5.74) is 0. The highest BCUT2D eigenvalue weighted by molar-refractivity contribution is 5.76.